The predicted molar refractivity (Wildman–Crippen MR) is 284 cm³/mol. The maximum atomic E-state index is 12.8. The van der Waals surface area contributed by atoms with Crippen molar-refractivity contribution in [2.24, 2.45) is 0 Å². The van der Waals surface area contributed by atoms with Gasteiger partial charge in [-0.05, 0) is 64.2 Å². The van der Waals surface area contributed by atoms with E-state index >= 15 is 0 Å². The molecule has 0 aromatic rings. The third-order valence-electron chi connectivity index (χ3n) is 11.5. The molecular weight excluding hydrogens is 817 g/mol. The van der Waals surface area contributed by atoms with E-state index in [0.29, 0.717) is 19.3 Å². The molecule has 0 amide bonds. The summed E-state index contributed by atoms with van der Waals surface area (Å²) in [5.41, 5.74) is 0. The molecule has 0 saturated carbocycles. The molecule has 0 heterocycles. The minimum atomic E-state index is -0.801. The molecule has 0 fully saturated rings. The lowest BCUT2D eigenvalue weighted by atomic mass is 10.0. The molecule has 6 heteroatoms. The third-order valence-corrected chi connectivity index (χ3v) is 11.5. The number of hydrogen-bond acceptors (Lipinski definition) is 6. The SMILES string of the molecule is CC\C=C/C=C\C=C/C=C\C=C\C=C/C=C\CCCCCC(=O)OCC(COC(=O)CCCCC/C=C\CCCCCCCCC)OC(=O)CCCCCCCCCCCCCCCCC. The summed E-state index contributed by atoms with van der Waals surface area (Å²) in [6.45, 7) is 6.44. The zero-order chi connectivity index (χ0) is 47.9. The standard InChI is InChI=1S/C60H100O6/c1-4-7-10-13-16-19-22-25-28-29-30-31-33-35-38-41-44-47-50-53-59(62)65-56-57(55-64-58(61)52-49-46-43-40-37-34-27-24-21-18-15-12-9-6-3)66-60(63)54-51-48-45-42-39-36-32-26-23-20-17-14-11-8-5-2/h7,10,13,16,19,22,25,28-31,33-35,37-38,57H,4-6,8-9,11-12,14-15,17-18,20-21,23-24,26-27,32,36,39-56H2,1-3H3/b10-7-,16-13-,22-19-,28-25-,30-29+,33-31-,37-34-,38-35-. The lowest BCUT2D eigenvalue weighted by Gasteiger charge is -2.18. The Morgan fingerprint density at radius 2 is 0.606 bits per heavy atom. The topological polar surface area (TPSA) is 78.9 Å². The minimum Gasteiger partial charge on any atom is -0.462 e. The second kappa shape index (κ2) is 53.9. The molecular formula is C60H100O6. The second-order valence-corrected chi connectivity index (χ2v) is 17.9. The number of carbonyl (C=O) groups excluding carboxylic acids is 3. The Balaban J connectivity index is 4.50. The van der Waals surface area contributed by atoms with Crippen LogP contribution in [0.15, 0.2) is 97.2 Å². The van der Waals surface area contributed by atoms with Gasteiger partial charge in [-0.15, -0.1) is 0 Å². The van der Waals surface area contributed by atoms with E-state index in [0.717, 1.165) is 83.5 Å². The largest absolute Gasteiger partial charge is 0.462 e. The van der Waals surface area contributed by atoms with Crippen LogP contribution in [0, 0.1) is 0 Å². The van der Waals surface area contributed by atoms with Gasteiger partial charge in [-0.1, -0.05) is 259 Å². The summed E-state index contributed by atoms with van der Waals surface area (Å²) in [6, 6.07) is 0. The molecule has 0 bridgehead atoms. The highest BCUT2D eigenvalue weighted by atomic mass is 16.6. The van der Waals surface area contributed by atoms with Gasteiger partial charge < -0.3 is 14.2 Å². The maximum absolute atomic E-state index is 12.8. The number of rotatable bonds is 48. The van der Waals surface area contributed by atoms with Gasteiger partial charge in [-0.2, -0.15) is 0 Å². The van der Waals surface area contributed by atoms with Gasteiger partial charge in [-0.25, -0.2) is 0 Å². The molecule has 66 heavy (non-hydrogen) atoms. The molecule has 1 atom stereocenters. The first-order valence-corrected chi connectivity index (χ1v) is 27.3. The van der Waals surface area contributed by atoms with Crippen molar-refractivity contribution in [3.8, 4) is 0 Å². The average Bonchev–Trinajstić information content (AvgIpc) is 3.31. The zero-order valence-electron chi connectivity index (χ0n) is 42.9. The second-order valence-electron chi connectivity index (χ2n) is 17.9. The monoisotopic (exact) mass is 917 g/mol. The summed E-state index contributed by atoms with van der Waals surface area (Å²) in [4.78, 5) is 38.1. The van der Waals surface area contributed by atoms with Crippen LogP contribution >= 0.6 is 0 Å². The Labute approximate surface area is 407 Å². The van der Waals surface area contributed by atoms with Gasteiger partial charge in [-0.3, -0.25) is 14.4 Å². The van der Waals surface area contributed by atoms with Crippen molar-refractivity contribution in [1.29, 1.82) is 0 Å². The van der Waals surface area contributed by atoms with E-state index in [9.17, 15) is 14.4 Å². The number of esters is 3. The molecule has 0 aliphatic rings. The molecule has 0 aromatic carbocycles. The molecule has 0 radical (unpaired) electrons. The first kappa shape index (κ1) is 62.3. The van der Waals surface area contributed by atoms with E-state index in [2.05, 4.69) is 45.1 Å². The minimum absolute atomic E-state index is 0.0993. The fourth-order valence-electron chi connectivity index (χ4n) is 7.42. The van der Waals surface area contributed by atoms with E-state index in [1.165, 1.54) is 122 Å². The van der Waals surface area contributed by atoms with Crippen LogP contribution in [0.1, 0.15) is 245 Å². The summed E-state index contributed by atoms with van der Waals surface area (Å²) in [7, 11) is 0. The molecule has 6 nitrogen and oxygen atoms in total. The molecule has 0 saturated heterocycles. The van der Waals surface area contributed by atoms with Gasteiger partial charge >= 0.3 is 17.9 Å². The van der Waals surface area contributed by atoms with Crippen molar-refractivity contribution in [2.75, 3.05) is 13.2 Å². The molecule has 0 N–H and O–H groups in total. The van der Waals surface area contributed by atoms with Crippen LogP contribution in [0.4, 0.5) is 0 Å². The Morgan fingerprint density at radius 1 is 0.318 bits per heavy atom. The number of ether oxygens (including phenoxy) is 3. The number of allylic oxidation sites excluding steroid dienone is 16. The Bertz CT molecular complexity index is 1330. The molecule has 0 aromatic heterocycles. The summed E-state index contributed by atoms with van der Waals surface area (Å²) < 4.78 is 16.8. The first-order chi connectivity index (χ1) is 32.5. The quantitative estimate of drug-likeness (QED) is 0.0199. The van der Waals surface area contributed by atoms with Gasteiger partial charge in [0.2, 0.25) is 0 Å². The van der Waals surface area contributed by atoms with E-state index in [-0.39, 0.29) is 31.1 Å². The Morgan fingerprint density at radius 3 is 0.985 bits per heavy atom. The van der Waals surface area contributed by atoms with Gasteiger partial charge in [0.15, 0.2) is 6.10 Å². The van der Waals surface area contributed by atoms with Crippen molar-refractivity contribution in [3.05, 3.63) is 97.2 Å². The molecule has 0 aliphatic heterocycles. The van der Waals surface area contributed by atoms with Crippen molar-refractivity contribution in [1.82, 2.24) is 0 Å². The fraction of sp³-hybridized carbons (Fsp3) is 0.683. The van der Waals surface area contributed by atoms with E-state index in [1.54, 1.807) is 0 Å². The van der Waals surface area contributed by atoms with E-state index in [1.807, 2.05) is 72.9 Å². The number of hydrogen-bond donors (Lipinski definition) is 0. The van der Waals surface area contributed by atoms with Crippen molar-refractivity contribution >= 4 is 17.9 Å². The van der Waals surface area contributed by atoms with Crippen LogP contribution in [-0.4, -0.2) is 37.2 Å². The lowest BCUT2D eigenvalue weighted by Crippen LogP contribution is -2.30. The van der Waals surface area contributed by atoms with E-state index < -0.39 is 6.10 Å². The first-order valence-electron chi connectivity index (χ1n) is 27.3. The maximum Gasteiger partial charge on any atom is 0.306 e. The van der Waals surface area contributed by atoms with Crippen LogP contribution in [0.5, 0.6) is 0 Å². The Kier molecular flexibility index (Phi) is 50.9. The number of unbranched alkanes of at least 4 members (excludes halogenated alkanes) is 27. The normalized spacial score (nSPS) is 12.8. The molecule has 0 aliphatic carbocycles. The van der Waals surface area contributed by atoms with Crippen LogP contribution < -0.4 is 0 Å². The van der Waals surface area contributed by atoms with Crippen molar-refractivity contribution in [2.45, 2.75) is 252 Å². The number of carbonyl (C=O) groups is 3. The highest BCUT2D eigenvalue weighted by molar-refractivity contribution is 5.71. The average molecular weight is 917 g/mol. The van der Waals surface area contributed by atoms with Crippen LogP contribution in [-0.2, 0) is 28.6 Å². The van der Waals surface area contributed by atoms with Crippen LogP contribution in [0.3, 0.4) is 0 Å². The Hall–Kier alpha value is -3.67. The van der Waals surface area contributed by atoms with Crippen molar-refractivity contribution < 1.29 is 28.6 Å². The van der Waals surface area contributed by atoms with Gasteiger partial charge in [0.05, 0.1) is 0 Å². The van der Waals surface area contributed by atoms with Crippen LogP contribution in [0.2, 0.25) is 0 Å². The molecule has 1 unspecified atom stereocenters. The summed E-state index contributed by atoms with van der Waals surface area (Å²) >= 11 is 0. The highest BCUT2D eigenvalue weighted by Gasteiger charge is 2.19. The molecule has 376 valence electrons. The summed E-state index contributed by atoms with van der Waals surface area (Å²) in [5, 5.41) is 0. The molecule has 0 spiro atoms. The van der Waals surface area contributed by atoms with Crippen LogP contribution in [0.25, 0.3) is 0 Å². The van der Waals surface area contributed by atoms with Gasteiger partial charge in [0.1, 0.15) is 13.2 Å². The highest BCUT2D eigenvalue weighted by Crippen LogP contribution is 2.15. The third kappa shape index (κ3) is 51.3. The van der Waals surface area contributed by atoms with Crippen molar-refractivity contribution in [3.63, 3.8) is 0 Å². The molecule has 0 rings (SSSR count). The summed E-state index contributed by atoms with van der Waals surface area (Å²) in [5.74, 6) is -0.956. The predicted octanol–water partition coefficient (Wildman–Crippen LogP) is 18.1. The van der Waals surface area contributed by atoms with Gasteiger partial charge in [0.25, 0.3) is 0 Å². The zero-order valence-corrected chi connectivity index (χ0v) is 42.9. The smallest absolute Gasteiger partial charge is 0.306 e. The lowest BCUT2D eigenvalue weighted by molar-refractivity contribution is -0.167. The summed E-state index contributed by atoms with van der Waals surface area (Å²) in [6.07, 6.45) is 71.0. The van der Waals surface area contributed by atoms with Gasteiger partial charge in [0, 0.05) is 19.3 Å². The van der Waals surface area contributed by atoms with E-state index in [4.69, 9.17) is 14.2 Å². The fourth-order valence-corrected chi connectivity index (χ4v) is 7.42.